The number of thiocarbonyl (C=S) groups is 1. The molecule has 0 spiro atoms. The number of para-hydroxylation sites is 1. The fraction of sp³-hybridized carbons (Fsp3) is 0.222. The molecule has 0 unspecified atom stereocenters. The SMILES string of the molecule is O=C1/C(=C\c2ccc(COc3c(Cl)cccc3Cl)o2)NC(=S)N1C1CC1. The van der Waals surface area contributed by atoms with Crippen LogP contribution in [0.2, 0.25) is 10.0 Å². The quantitative estimate of drug-likeness (QED) is 0.587. The third kappa shape index (κ3) is 3.45. The molecule has 134 valence electrons. The average Bonchev–Trinajstić information content (AvgIpc) is 3.26. The normalized spacial score (nSPS) is 18.5. The smallest absolute Gasteiger partial charge is 0.276 e. The molecule has 0 atom stereocenters. The zero-order chi connectivity index (χ0) is 18.3. The number of carbonyl (C=O) groups is 1. The van der Waals surface area contributed by atoms with Crippen molar-refractivity contribution >= 4 is 52.5 Å². The number of nitrogens with zero attached hydrogens (tertiary/aromatic N) is 1. The standard InChI is InChI=1S/C18H14Cl2N2O3S/c19-13-2-1-3-14(20)16(13)24-9-12-7-6-11(25-12)8-15-17(23)22(10-4-5-10)18(26)21-15/h1-3,6-8,10H,4-5,9H2,(H,21,26)/b15-8+. The van der Waals surface area contributed by atoms with Gasteiger partial charge in [-0.1, -0.05) is 29.3 Å². The second kappa shape index (κ2) is 6.95. The Morgan fingerprint density at radius 3 is 2.69 bits per heavy atom. The molecule has 2 heterocycles. The van der Waals surface area contributed by atoms with Gasteiger partial charge in [0.15, 0.2) is 10.9 Å². The lowest BCUT2D eigenvalue weighted by atomic mass is 10.3. The van der Waals surface area contributed by atoms with Gasteiger partial charge in [-0.25, -0.2) is 0 Å². The number of amides is 1. The maximum atomic E-state index is 12.4. The van der Waals surface area contributed by atoms with Crippen molar-refractivity contribution in [2.45, 2.75) is 25.5 Å². The number of halogens is 2. The highest BCUT2D eigenvalue weighted by atomic mass is 35.5. The first-order chi connectivity index (χ1) is 12.5. The minimum atomic E-state index is -0.116. The number of hydrogen-bond acceptors (Lipinski definition) is 4. The van der Waals surface area contributed by atoms with E-state index in [1.54, 1.807) is 41.3 Å². The van der Waals surface area contributed by atoms with Crippen LogP contribution in [0.3, 0.4) is 0 Å². The summed E-state index contributed by atoms with van der Waals surface area (Å²) in [5, 5.41) is 4.26. The molecule has 4 rings (SSSR count). The highest BCUT2D eigenvalue weighted by Crippen LogP contribution is 2.33. The number of nitrogens with one attached hydrogen (secondary N) is 1. The highest BCUT2D eigenvalue weighted by molar-refractivity contribution is 7.80. The van der Waals surface area contributed by atoms with Crippen LogP contribution in [0.15, 0.2) is 40.4 Å². The summed E-state index contributed by atoms with van der Waals surface area (Å²) in [5.41, 5.74) is 0.415. The van der Waals surface area contributed by atoms with Gasteiger partial charge in [0.25, 0.3) is 5.91 Å². The van der Waals surface area contributed by atoms with Crippen LogP contribution in [0, 0.1) is 0 Å². The molecule has 1 aromatic heterocycles. The van der Waals surface area contributed by atoms with Gasteiger partial charge in [0.1, 0.15) is 23.8 Å². The highest BCUT2D eigenvalue weighted by Gasteiger charge is 2.41. The molecule has 0 radical (unpaired) electrons. The van der Waals surface area contributed by atoms with Crippen LogP contribution < -0.4 is 10.1 Å². The monoisotopic (exact) mass is 408 g/mol. The summed E-state index contributed by atoms with van der Waals surface area (Å²) in [4.78, 5) is 14.0. The molecule has 8 heteroatoms. The Labute approximate surface area is 165 Å². The van der Waals surface area contributed by atoms with E-state index >= 15 is 0 Å². The maximum absolute atomic E-state index is 12.4. The van der Waals surface area contributed by atoms with E-state index in [2.05, 4.69) is 5.32 Å². The molecule has 1 aliphatic carbocycles. The van der Waals surface area contributed by atoms with E-state index in [4.69, 9.17) is 44.6 Å². The Balaban J connectivity index is 1.45. The van der Waals surface area contributed by atoms with Gasteiger partial charge in [-0.2, -0.15) is 0 Å². The van der Waals surface area contributed by atoms with Crippen molar-refractivity contribution in [2.75, 3.05) is 0 Å². The van der Waals surface area contributed by atoms with Crippen LogP contribution in [0.4, 0.5) is 0 Å². The molecule has 1 aliphatic heterocycles. The predicted molar refractivity (Wildman–Crippen MR) is 103 cm³/mol. The van der Waals surface area contributed by atoms with Crippen LogP contribution in [-0.2, 0) is 11.4 Å². The van der Waals surface area contributed by atoms with Crippen LogP contribution in [-0.4, -0.2) is 22.0 Å². The van der Waals surface area contributed by atoms with Gasteiger partial charge in [-0.3, -0.25) is 9.69 Å². The third-order valence-corrected chi connectivity index (χ3v) is 4.96. The van der Waals surface area contributed by atoms with Gasteiger partial charge in [0, 0.05) is 12.1 Å². The Morgan fingerprint density at radius 1 is 1.27 bits per heavy atom. The Hall–Kier alpha value is -2.02. The van der Waals surface area contributed by atoms with Gasteiger partial charge in [-0.15, -0.1) is 0 Å². The first kappa shape index (κ1) is 17.4. The summed E-state index contributed by atoms with van der Waals surface area (Å²) in [7, 11) is 0. The van der Waals surface area contributed by atoms with E-state index in [1.165, 1.54) is 0 Å². The van der Waals surface area contributed by atoms with Gasteiger partial charge < -0.3 is 14.5 Å². The van der Waals surface area contributed by atoms with Crippen molar-refractivity contribution in [2.24, 2.45) is 0 Å². The molecule has 2 fully saturated rings. The minimum Gasteiger partial charge on any atom is -0.483 e. The fourth-order valence-electron chi connectivity index (χ4n) is 2.67. The fourth-order valence-corrected chi connectivity index (χ4v) is 3.52. The zero-order valence-electron chi connectivity index (χ0n) is 13.5. The molecule has 1 amide bonds. The lowest BCUT2D eigenvalue weighted by Crippen LogP contribution is -2.32. The molecule has 1 saturated heterocycles. The van der Waals surface area contributed by atoms with Gasteiger partial charge in [0.05, 0.1) is 10.0 Å². The first-order valence-electron chi connectivity index (χ1n) is 8.04. The lowest BCUT2D eigenvalue weighted by Gasteiger charge is -2.11. The predicted octanol–water partition coefficient (Wildman–Crippen LogP) is 4.39. The number of hydrogen-bond donors (Lipinski definition) is 1. The van der Waals surface area contributed by atoms with E-state index in [1.807, 2.05) is 0 Å². The van der Waals surface area contributed by atoms with Crippen molar-refractivity contribution in [3.8, 4) is 5.75 Å². The van der Waals surface area contributed by atoms with Gasteiger partial charge in [0.2, 0.25) is 0 Å². The van der Waals surface area contributed by atoms with Crippen LogP contribution in [0.25, 0.3) is 6.08 Å². The number of carbonyl (C=O) groups excluding carboxylic acids is 1. The second-order valence-electron chi connectivity index (χ2n) is 6.04. The van der Waals surface area contributed by atoms with E-state index in [0.29, 0.717) is 38.1 Å². The summed E-state index contributed by atoms with van der Waals surface area (Å²) in [6.45, 7) is 0.167. The Bertz CT molecular complexity index is 901. The summed E-state index contributed by atoms with van der Waals surface area (Å²) < 4.78 is 11.3. The minimum absolute atomic E-state index is 0.116. The van der Waals surface area contributed by atoms with Crippen molar-refractivity contribution in [3.05, 3.63) is 57.6 Å². The van der Waals surface area contributed by atoms with Crippen LogP contribution >= 0.6 is 35.4 Å². The topological polar surface area (TPSA) is 54.7 Å². The molecule has 1 N–H and O–H groups in total. The van der Waals surface area contributed by atoms with Crippen LogP contribution in [0.5, 0.6) is 5.75 Å². The van der Waals surface area contributed by atoms with Crippen molar-refractivity contribution in [1.29, 1.82) is 0 Å². The number of rotatable bonds is 5. The van der Waals surface area contributed by atoms with E-state index in [9.17, 15) is 4.79 Å². The molecular weight excluding hydrogens is 395 g/mol. The second-order valence-corrected chi connectivity index (χ2v) is 7.24. The lowest BCUT2D eigenvalue weighted by molar-refractivity contribution is -0.122. The number of ether oxygens (including phenoxy) is 1. The van der Waals surface area contributed by atoms with Crippen molar-refractivity contribution < 1.29 is 13.9 Å². The van der Waals surface area contributed by atoms with Crippen LogP contribution in [0.1, 0.15) is 24.4 Å². The first-order valence-corrected chi connectivity index (χ1v) is 9.21. The number of benzene rings is 1. The summed E-state index contributed by atoms with van der Waals surface area (Å²) in [6, 6.07) is 8.91. The summed E-state index contributed by atoms with van der Waals surface area (Å²) >= 11 is 17.4. The van der Waals surface area contributed by atoms with E-state index < -0.39 is 0 Å². The molecule has 1 saturated carbocycles. The Morgan fingerprint density at radius 2 is 2.00 bits per heavy atom. The number of furan rings is 1. The van der Waals surface area contributed by atoms with Gasteiger partial charge in [-0.05, 0) is 49.3 Å². The largest absolute Gasteiger partial charge is 0.483 e. The molecular formula is C18H14Cl2N2O3S. The van der Waals surface area contributed by atoms with Crippen molar-refractivity contribution in [1.82, 2.24) is 10.2 Å². The maximum Gasteiger partial charge on any atom is 0.276 e. The average molecular weight is 409 g/mol. The Kier molecular flexibility index (Phi) is 4.65. The third-order valence-electron chi connectivity index (χ3n) is 4.07. The molecule has 2 aliphatic rings. The van der Waals surface area contributed by atoms with E-state index in [-0.39, 0.29) is 18.6 Å². The molecule has 5 nitrogen and oxygen atoms in total. The molecule has 1 aromatic carbocycles. The van der Waals surface area contributed by atoms with E-state index in [0.717, 1.165) is 12.8 Å². The molecule has 0 bridgehead atoms. The van der Waals surface area contributed by atoms with Gasteiger partial charge >= 0.3 is 0 Å². The summed E-state index contributed by atoms with van der Waals surface area (Å²) in [6.07, 6.45) is 3.63. The molecule has 2 aromatic rings. The summed E-state index contributed by atoms with van der Waals surface area (Å²) in [5.74, 6) is 1.41. The van der Waals surface area contributed by atoms with Crippen molar-refractivity contribution in [3.63, 3.8) is 0 Å². The molecule has 26 heavy (non-hydrogen) atoms. The zero-order valence-corrected chi connectivity index (χ0v) is 15.8.